The zero-order valence-electron chi connectivity index (χ0n) is 8.53. The van der Waals surface area contributed by atoms with Crippen LogP contribution in [-0.2, 0) is 0 Å². The molecule has 1 aromatic rings. The predicted molar refractivity (Wildman–Crippen MR) is 60.1 cm³/mol. The molecular weight excluding hydrogens is 194 g/mol. The molecule has 80 valence electrons. The lowest BCUT2D eigenvalue weighted by Crippen LogP contribution is -2.30. The number of nitrogens with two attached hydrogens (primary N) is 1. The van der Waals surface area contributed by atoms with Crippen LogP contribution in [0.4, 0.5) is 17.5 Å². The summed E-state index contributed by atoms with van der Waals surface area (Å²) < 4.78 is 0. The number of aromatic amines is 1. The third-order valence-electron chi connectivity index (χ3n) is 2.30. The van der Waals surface area contributed by atoms with E-state index < -0.39 is 0 Å². The van der Waals surface area contributed by atoms with Crippen LogP contribution in [-0.4, -0.2) is 30.2 Å². The molecule has 0 saturated carbocycles. The van der Waals surface area contributed by atoms with Gasteiger partial charge in [-0.05, 0) is 0 Å². The molecule has 0 bridgehead atoms. The Morgan fingerprint density at radius 2 is 2.47 bits per heavy atom. The summed E-state index contributed by atoms with van der Waals surface area (Å²) in [5.41, 5.74) is 5.84. The first-order chi connectivity index (χ1) is 7.13. The Hall–Kier alpha value is -1.98. The Morgan fingerprint density at radius 1 is 1.73 bits per heavy atom. The van der Waals surface area contributed by atoms with Gasteiger partial charge in [0.1, 0.15) is 5.69 Å². The van der Waals surface area contributed by atoms with Gasteiger partial charge < -0.3 is 15.5 Å². The summed E-state index contributed by atoms with van der Waals surface area (Å²) in [6.45, 7) is 4.89. The van der Waals surface area contributed by atoms with E-state index in [9.17, 15) is 4.79 Å². The first kappa shape index (κ1) is 9.57. The Kier molecular flexibility index (Phi) is 2.11. The lowest BCUT2D eigenvalue weighted by atomic mass is 10.4. The van der Waals surface area contributed by atoms with Crippen molar-refractivity contribution in [1.29, 1.82) is 0 Å². The van der Waals surface area contributed by atoms with Crippen LogP contribution in [0.5, 0.6) is 0 Å². The molecule has 6 heteroatoms. The quantitative estimate of drug-likeness (QED) is 0.654. The molecule has 1 aliphatic heterocycles. The van der Waals surface area contributed by atoms with Crippen molar-refractivity contribution >= 4 is 17.5 Å². The van der Waals surface area contributed by atoms with Gasteiger partial charge in [0.2, 0.25) is 5.95 Å². The third-order valence-corrected chi connectivity index (χ3v) is 2.30. The molecule has 0 unspecified atom stereocenters. The summed E-state index contributed by atoms with van der Waals surface area (Å²) >= 11 is 0. The molecular formula is C9H13N5O. The molecule has 0 radical (unpaired) electrons. The molecule has 0 amide bonds. The van der Waals surface area contributed by atoms with Crippen LogP contribution in [0.1, 0.15) is 0 Å². The summed E-state index contributed by atoms with van der Waals surface area (Å²) in [5, 5.41) is 0. The summed E-state index contributed by atoms with van der Waals surface area (Å²) in [6, 6.07) is 0. The highest BCUT2D eigenvalue weighted by molar-refractivity contribution is 5.72. The minimum atomic E-state index is -0.205. The number of nitrogens with zero attached hydrogens (tertiary/aromatic N) is 3. The van der Waals surface area contributed by atoms with E-state index in [1.54, 1.807) is 6.08 Å². The number of hydrogen-bond acceptors (Lipinski definition) is 5. The maximum absolute atomic E-state index is 11.7. The first-order valence-corrected chi connectivity index (χ1v) is 4.60. The predicted octanol–water partition coefficient (Wildman–Crippen LogP) is -0.248. The summed E-state index contributed by atoms with van der Waals surface area (Å²) in [4.78, 5) is 22.0. The van der Waals surface area contributed by atoms with Crippen molar-refractivity contribution in [1.82, 2.24) is 9.97 Å². The van der Waals surface area contributed by atoms with E-state index >= 15 is 0 Å². The second kappa shape index (κ2) is 3.30. The maximum Gasteiger partial charge on any atom is 0.278 e. The lowest BCUT2D eigenvalue weighted by molar-refractivity contribution is 0.868. The molecule has 0 atom stereocenters. The van der Waals surface area contributed by atoms with Gasteiger partial charge in [-0.25, -0.2) is 0 Å². The first-order valence-electron chi connectivity index (χ1n) is 4.60. The van der Waals surface area contributed by atoms with E-state index in [-0.39, 0.29) is 11.5 Å². The SMILES string of the molecule is C=CCN1CN(C)c2nc(N)[nH]c(=O)c21. The van der Waals surface area contributed by atoms with Crippen molar-refractivity contribution in [2.24, 2.45) is 0 Å². The zero-order chi connectivity index (χ0) is 11.0. The lowest BCUT2D eigenvalue weighted by Gasteiger charge is -2.15. The number of nitrogen functional groups attached to an aromatic ring is 1. The van der Waals surface area contributed by atoms with Crippen molar-refractivity contribution in [3.8, 4) is 0 Å². The van der Waals surface area contributed by atoms with E-state index in [0.717, 1.165) is 0 Å². The maximum atomic E-state index is 11.7. The van der Waals surface area contributed by atoms with Gasteiger partial charge in [0.05, 0.1) is 6.67 Å². The van der Waals surface area contributed by atoms with E-state index in [4.69, 9.17) is 5.73 Å². The standard InChI is InChI=1S/C9H13N5O/c1-3-4-14-5-13(2)7-6(14)8(15)12-9(10)11-7/h3H,1,4-5H2,2H3,(H3,10,11,12,15). The molecule has 0 spiro atoms. The van der Waals surface area contributed by atoms with Crippen molar-refractivity contribution in [3.05, 3.63) is 23.0 Å². The van der Waals surface area contributed by atoms with Crippen molar-refractivity contribution < 1.29 is 0 Å². The fourth-order valence-electron chi connectivity index (χ4n) is 1.72. The number of H-pyrrole nitrogens is 1. The Balaban J connectivity index is 2.55. The van der Waals surface area contributed by atoms with E-state index in [0.29, 0.717) is 24.7 Å². The van der Waals surface area contributed by atoms with Crippen LogP contribution < -0.4 is 21.1 Å². The van der Waals surface area contributed by atoms with Crippen LogP contribution in [0.15, 0.2) is 17.4 Å². The van der Waals surface area contributed by atoms with E-state index in [1.165, 1.54) is 0 Å². The van der Waals surface area contributed by atoms with E-state index in [1.807, 2.05) is 16.8 Å². The highest BCUT2D eigenvalue weighted by Crippen LogP contribution is 2.28. The summed E-state index contributed by atoms with van der Waals surface area (Å²) in [7, 11) is 1.87. The van der Waals surface area contributed by atoms with Crippen LogP contribution in [0.3, 0.4) is 0 Å². The van der Waals surface area contributed by atoms with Crippen LogP contribution in [0.2, 0.25) is 0 Å². The molecule has 0 aliphatic carbocycles. The second-order valence-corrected chi connectivity index (χ2v) is 3.47. The van der Waals surface area contributed by atoms with Crippen LogP contribution >= 0.6 is 0 Å². The number of hydrogen-bond donors (Lipinski definition) is 2. The Bertz CT molecular complexity index is 452. The number of rotatable bonds is 2. The molecule has 1 aromatic heterocycles. The molecule has 6 nitrogen and oxygen atoms in total. The van der Waals surface area contributed by atoms with Gasteiger partial charge in [0.15, 0.2) is 5.82 Å². The normalized spacial score (nSPS) is 14.2. The fraction of sp³-hybridized carbons (Fsp3) is 0.333. The average molecular weight is 207 g/mol. The molecule has 3 N–H and O–H groups in total. The fourth-order valence-corrected chi connectivity index (χ4v) is 1.72. The molecule has 1 aliphatic rings. The number of fused-ring (bicyclic) bond motifs is 1. The van der Waals surface area contributed by atoms with Crippen LogP contribution in [0, 0.1) is 0 Å². The number of aromatic nitrogens is 2. The minimum Gasteiger partial charge on any atom is -0.369 e. The monoisotopic (exact) mass is 207 g/mol. The van der Waals surface area contributed by atoms with Gasteiger partial charge in [-0.3, -0.25) is 9.78 Å². The molecule has 0 fully saturated rings. The van der Waals surface area contributed by atoms with Gasteiger partial charge in [-0.2, -0.15) is 4.98 Å². The number of anilines is 3. The van der Waals surface area contributed by atoms with Gasteiger partial charge in [0.25, 0.3) is 5.56 Å². The van der Waals surface area contributed by atoms with Gasteiger partial charge in [-0.1, -0.05) is 6.08 Å². The summed E-state index contributed by atoms with van der Waals surface area (Å²) in [5.74, 6) is 0.768. The molecule has 0 aromatic carbocycles. The zero-order valence-corrected chi connectivity index (χ0v) is 8.53. The van der Waals surface area contributed by atoms with Crippen molar-refractivity contribution in [3.63, 3.8) is 0 Å². The van der Waals surface area contributed by atoms with Gasteiger partial charge in [0, 0.05) is 13.6 Å². The average Bonchev–Trinajstić information content (AvgIpc) is 2.44. The smallest absolute Gasteiger partial charge is 0.278 e. The molecule has 15 heavy (non-hydrogen) atoms. The Labute approximate surface area is 87.0 Å². The van der Waals surface area contributed by atoms with Gasteiger partial charge in [-0.15, -0.1) is 6.58 Å². The highest BCUT2D eigenvalue weighted by atomic mass is 16.1. The molecule has 2 rings (SSSR count). The third kappa shape index (κ3) is 1.43. The van der Waals surface area contributed by atoms with Crippen molar-refractivity contribution in [2.45, 2.75) is 0 Å². The van der Waals surface area contributed by atoms with Crippen molar-refractivity contribution in [2.75, 3.05) is 35.8 Å². The van der Waals surface area contributed by atoms with E-state index in [2.05, 4.69) is 16.5 Å². The highest BCUT2D eigenvalue weighted by Gasteiger charge is 2.27. The minimum absolute atomic E-state index is 0.144. The number of nitrogens with one attached hydrogen (secondary N) is 1. The molecule has 2 heterocycles. The topological polar surface area (TPSA) is 78.2 Å². The largest absolute Gasteiger partial charge is 0.369 e. The second-order valence-electron chi connectivity index (χ2n) is 3.47. The van der Waals surface area contributed by atoms with Gasteiger partial charge >= 0.3 is 0 Å². The molecule has 0 saturated heterocycles. The van der Waals surface area contributed by atoms with Crippen LogP contribution in [0.25, 0.3) is 0 Å². The Morgan fingerprint density at radius 3 is 3.13 bits per heavy atom. The summed E-state index contributed by atoms with van der Waals surface area (Å²) in [6.07, 6.45) is 1.75.